The Balaban J connectivity index is 0.763. The Bertz CT molecular complexity index is 2970. The lowest BCUT2D eigenvalue weighted by atomic mass is 10.0. The molecule has 0 N–H and O–H groups in total. The van der Waals surface area contributed by atoms with E-state index in [4.69, 9.17) is 19.5 Å². The molecule has 8 heteroatoms. The van der Waals surface area contributed by atoms with Gasteiger partial charge in [-0.2, -0.15) is 0 Å². The largest absolute Gasteiger partial charge is 0.423 e. The number of fused-ring (bicyclic) bond motifs is 1. The van der Waals surface area contributed by atoms with Crippen LogP contribution in [0.2, 0.25) is 0 Å². The van der Waals surface area contributed by atoms with E-state index in [0.717, 1.165) is 39.4 Å². The van der Waals surface area contributed by atoms with Crippen LogP contribution in [-0.4, -0.2) is 35.9 Å². The molecule has 96 heavy (non-hydrogen) atoms. The lowest BCUT2D eigenvalue weighted by molar-refractivity contribution is 0.0724. The molecule has 0 bridgehead atoms. The first-order chi connectivity index (χ1) is 47.5. The molecular formula is C88H126N2O4S2. The molecule has 524 valence electrons. The van der Waals surface area contributed by atoms with Crippen LogP contribution in [0.1, 0.15) is 341 Å². The van der Waals surface area contributed by atoms with Gasteiger partial charge in [0.25, 0.3) is 0 Å². The highest BCUT2D eigenvalue weighted by Crippen LogP contribution is 2.32. The minimum absolute atomic E-state index is 0.350. The van der Waals surface area contributed by atoms with E-state index in [0.29, 0.717) is 28.0 Å². The van der Waals surface area contributed by atoms with Gasteiger partial charge in [-0.3, -0.25) is 9.98 Å². The molecule has 6 nitrogen and oxygen atoms in total. The van der Waals surface area contributed by atoms with Crippen LogP contribution in [0, 0.1) is 0 Å². The predicted octanol–water partition coefficient (Wildman–Crippen LogP) is 28.9. The third kappa shape index (κ3) is 36.9. The van der Waals surface area contributed by atoms with Crippen LogP contribution in [0.15, 0.2) is 153 Å². The summed E-state index contributed by atoms with van der Waals surface area (Å²) in [5.74, 6) is 2.06. The van der Waals surface area contributed by atoms with E-state index in [1.165, 1.54) is 305 Å². The maximum atomic E-state index is 13.5. The highest BCUT2D eigenvalue weighted by atomic mass is 32.2. The van der Waals surface area contributed by atoms with Crippen LogP contribution in [0.25, 0.3) is 10.8 Å². The van der Waals surface area contributed by atoms with Crippen molar-refractivity contribution in [2.24, 2.45) is 9.98 Å². The number of hydrogen-bond donors (Lipinski definition) is 0. The molecule has 0 aliphatic heterocycles. The first-order valence-electron chi connectivity index (χ1n) is 39.2. The third-order valence-electron chi connectivity index (χ3n) is 19.0. The van der Waals surface area contributed by atoms with Crippen molar-refractivity contribution in [2.75, 3.05) is 11.5 Å². The number of esters is 2. The van der Waals surface area contributed by atoms with E-state index < -0.39 is 11.9 Å². The van der Waals surface area contributed by atoms with Gasteiger partial charge in [-0.25, -0.2) is 9.59 Å². The highest BCUT2D eigenvalue weighted by Gasteiger charge is 2.15. The number of hydrogen-bond acceptors (Lipinski definition) is 8. The topological polar surface area (TPSA) is 77.3 Å². The minimum Gasteiger partial charge on any atom is -0.423 e. The molecule has 0 atom stereocenters. The molecule has 0 heterocycles. The van der Waals surface area contributed by atoms with Gasteiger partial charge in [0, 0.05) is 27.6 Å². The van der Waals surface area contributed by atoms with E-state index in [-0.39, 0.29) is 0 Å². The molecule has 6 aromatic rings. The van der Waals surface area contributed by atoms with Crippen LogP contribution in [0.3, 0.4) is 0 Å². The van der Waals surface area contributed by atoms with Crippen molar-refractivity contribution in [1.29, 1.82) is 0 Å². The fourth-order valence-corrected chi connectivity index (χ4v) is 14.6. The van der Waals surface area contributed by atoms with E-state index in [1.807, 2.05) is 78.4 Å². The first-order valence-corrected chi connectivity index (χ1v) is 41.2. The van der Waals surface area contributed by atoms with Crippen LogP contribution >= 0.6 is 23.5 Å². The molecule has 0 unspecified atom stereocenters. The van der Waals surface area contributed by atoms with Gasteiger partial charge >= 0.3 is 11.9 Å². The van der Waals surface area contributed by atoms with Crippen LogP contribution in [-0.2, 0) is 0 Å². The Labute approximate surface area is 593 Å². The Hall–Kier alpha value is -5.44. The summed E-state index contributed by atoms with van der Waals surface area (Å²) in [6, 6.07) is 42.2. The summed E-state index contributed by atoms with van der Waals surface area (Å²) >= 11 is 3.86. The van der Waals surface area contributed by atoms with Crippen molar-refractivity contribution < 1.29 is 19.1 Å². The number of benzene rings is 6. The van der Waals surface area contributed by atoms with Crippen molar-refractivity contribution >= 4 is 70.0 Å². The van der Waals surface area contributed by atoms with Gasteiger partial charge in [0.15, 0.2) is 0 Å². The molecule has 0 saturated carbocycles. The maximum Gasteiger partial charge on any atom is 0.343 e. The molecule has 0 aliphatic carbocycles. The number of nitrogens with zero attached hydrogens (tertiary/aromatic N) is 2. The van der Waals surface area contributed by atoms with E-state index in [2.05, 4.69) is 62.4 Å². The number of carbonyl (C=O) groups excluding carboxylic acids is 2. The first kappa shape index (κ1) is 79.5. The normalized spacial score (nSPS) is 11.6. The number of aliphatic imine (C=N–C) groups is 2. The predicted molar refractivity (Wildman–Crippen MR) is 419 cm³/mol. The molecule has 0 aliphatic rings. The van der Waals surface area contributed by atoms with Gasteiger partial charge in [0.2, 0.25) is 0 Å². The quantitative estimate of drug-likeness (QED) is 0.0124. The molecule has 6 aromatic carbocycles. The van der Waals surface area contributed by atoms with Crippen molar-refractivity contribution in [3.63, 3.8) is 0 Å². The van der Waals surface area contributed by atoms with E-state index in [9.17, 15) is 9.59 Å². The zero-order valence-electron chi connectivity index (χ0n) is 60.1. The zero-order valence-corrected chi connectivity index (χ0v) is 61.8. The van der Waals surface area contributed by atoms with Gasteiger partial charge in [-0.1, -0.05) is 339 Å². The van der Waals surface area contributed by atoms with Gasteiger partial charge < -0.3 is 9.47 Å². The second kappa shape index (κ2) is 53.5. The summed E-state index contributed by atoms with van der Waals surface area (Å²) in [5.41, 5.74) is 4.37. The average molecular weight is 1340 g/mol. The lowest BCUT2D eigenvalue weighted by Gasteiger charge is -2.10. The second-order valence-electron chi connectivity index (χ2n) is 27.4. The SMILES string of the molecule is CCCCCCCCCCCCCCCCCCCCCCCCCSc1ccc(N=Cc2ccc(C(=O)Oc3ccc4cccc(OC(=O)c5ccc(C=Nc6ccc(SCCCCCCCCCCCCCCCCCCCCCCCCC)cc6)cc5)c4c3)cc2)cc1. The smallest absolute Gasteiger partial charge is 0.343 e. The number of carbonyl (C=O) groups is 2. The monoisotopic (exact) mass is 1340 g/mol. The summed E-state index contributed by atoms with van der Waals surface area (Å²) in [6.07, 6.45) is 68.8. The Kier molecular flexibility index (Phi) is 44.3. The van der Waals surface area contributed by atoms with Gasteiger partial charge in [0.1, 0.15) is 11.5 Å². The number of thioether (sulfide) groups is 2. The van der Waals surface area contributed by atoms with Crippen molar-refractivity contribution in [2.45, 2.75) is 319 Å². The number of ether oxygens (including phenoxy) is 2. The molecule has 6 rings (SSSR count). The molecule has 0 saturated heterocycles. The lowest BCUT2D eigenvalue weighted by Crippen LogP contribution is -2.09. The van der Waals surface area contributed by atoms with Gasteiger partial charge in [0.05, 0.1) is 22.5 Å². The molecule has 0 spiro atoms. The second-order valence-corrected chi connectivity index (χ2v) is 29.8. The van der Waals surface area contributed by atoms with Gasteiger partial charge in [-0.05, 0) is 132 Å². The summed E-state index contributed by atoms with van der Waals surface area (Å²) < 4.78 is 11.8. The van der Waals surface area contributed by atoms with Crippen molar-refractivity contribution in [1.82, 2.24) is 0 Å². The summed E-state index contributed by atoms with van der Waals surface area (Å²) in [6.45, 7) is 4.60. The maximum absolute atomic E-state index is 13.5. The zero-order chi connectivity index (χ0) is 67.2. The highest BCUT2D eigenvalue weighted by molar-refractivity contribution is 7.99. The van der Waals surface area contributed by atoms with Crippen LogP contribution in [0.5, 0.6) is 11.5 Å². The summed E-state index contributed by atoms with van der Waals surface area (Å²) in [7, 11) is 0. The minimum atomic E-state index is -0.484. The third-order valence-corrected chi connectivity index (χ3v) is 21.1. The molecule has 0 fully saturated rings. The Morgan fingerprint density at radius 1 is 0.323 bits per heavy atom. The molecule has 0 radical (unpaired) electrons. The van der Waals surface area contributed by atoms with Crippen LogP contribution < -0.4 is 9.47 Å². The van der Waals surface area contributed by atoms with E-state index >= 15 is 0 Å². The number of unbranched alkanes of at least 4 members (excludes halogenated alkanes) is 44. The Morgan fingerprint density at radius 2 is 0.625 bits per heavy atom. The fourth-order valence-electron chi connectivity index (χ4n) is 12.8. The van der Waals surface area contributed by atoms with Crippen molar-refractivity contribution in [3.8, 4) is 11.5 Å². The molecular weight excluding hydrogens is 1210 g/mol. The average Bonchev–Trinajstić information content (AvgIpc) is 0.932. The number of rotatable bonds is 58. The summed E-state index contributed by atoms with van der Waals surface area (Å²) in [4.78, 5) is 38.8. The standard InChI is InChI=1S/C88H126N2O4S2/c1-3-5-7-9-11-13-15-17-19-21-23-25-27-29-31-33-35-37-39-41-43-45-47-70-95-83-66-61-80(62-67-83)89-73-75-52-56-78(57-53-75)87(91)93-82-65-60-77-50-49-51-86(85(77)72-82)94-88(92)79-58-54-76(55-59-79)74-90-81-63-68-84(69-64-81)96-71-48-46-44-42-40-38-36-34-32-30-28-26-24-22-20-18-16-14-12-10-8-6-4-2/h49-69,72-74H,3-48,70-71H2,1-2H3. The van der Waals surface area contributed by atoms with Gasteiger partial charge in [-0.15, -0.1) is 23.5 Å². The van der Waals surface area contributed by atoms with Crippen molar-refractivity contribution in [3.05, 3.63) is 156 Å². The fraction of sp³-hybridized carbons (Fsp3) is 0.568. The van der Waals surface area contributed by atoms with E-state index in [1.54, 1.807) is 42.5 Å². The van der Waals surface area contributed by atoms with Crippen LogP contribution in [0.4, 0.5) is 11.4 Å². The Morgan fingerprint density at radius 3 is 0.948 bits per heavy atom. The summed E-state index contributed by atoms with van der Waals surface area (Å²) in [5, 5.41) is 1.51. The molecule has 0 aromatic heterocycles. The molecule has 0 amide bonds.